The number of rotatable bonds is 2. The second kappa shape index (κ2) is 4.85. The molecule has 1 aromatic carbocycles. The first-order chi connectivity index (χ1) is 10.2. The van der Waals surface area contributed by atoms with E-state index >= 15 is 0 Å². The summed E-state index contributed by atoms with van der Waals surface area (Å²) in [7, 11) is 2.00. The molecule has 3 aromatic rings. The number of aryl methyl sites for hydroxylation is 3. The van der Waals surface area contributed by atoms with E-state index < -0.39 is 0 Å². The van der Waals surface area contributed by atoms with Crippen molar-refractivity contribution in [3.63, 3.8) is 0 Å². The summed E-state index contributed by atoms with van der Waals surface area (Å²) in [5, 5.41) is 1.05. The number of hydrogen-bond acceptors (Lipinski definition) is 2. The van der Waals surface area contributed by atoms with E-state index in [-0.39, 0.29) is 5.78 Å². The van der Waals surface area contributed by atoms with Gasteiger partial charge in [-0.3, -0.25) is 4.79 Å². The molecule has 0 spiro atoms. The third-order valence-corrected chi connectivity index (χ3v) is 5.60. The van der Waals surface area contributed by atoms with E-state index in [0.717, 1.165) is 34.2 Å². The SMILES string of the molecule is Cn1cc(C(=O)c2cc3c(s2)CCCC3)c2ccccc21. The van der Waals surface area contributed by atoms with E-state index in [1.54, 1.807) is 11.3 Å². The number of hydrogen-bond donors (Lipinski definition) is 0. The lowest BCUT2D eigenvalue weighted by Gasteiger charge is -2.08. The summed E-state index contributed by atoms with van der Waals surface area (Å²) in [6.45, 7) is 0. The van der Waals surface area contributed by atoms with Gasteiger partial charge in [0.05, 0.1) is 4.88 Å². The molecule has 0 aliphatic heterocycles. The van der Waals surface area contributed by atoms with E-state index in [0.29, 0.717) is 0 Å². The van der Waals surface area contributed by atoms with E-state index in [9.17, 15) is 4.79 Å². The number of aromatic nitrogens is 1. The van der Waals surface area contributed by atoms with Crippen molar-refractivity contribution in [3.05, 3.63) is 57.4 Å². The van der Waals surface area contributed by atoms with Crippen LogP contribution < -0.4 is 0 Å². The highest BCUT2D eigenvalue weighted by Gasteiger charge is 2.20. The number of carbonyl (C=O) groups is 1. The van der Waals surface area contributed by atoms with Crippen molar-refractivity contribution in [1.29, 1.82) is 0 Å². The molecule has 0 saturated carbocycles. The van der Waals surface area contributed by atoms with Crippen molar-refractivity contribution in [2.45, 2.75) is 25.7 Å². The van der Waals surface area contributed by atoms with E-state index in [1.165, 1.54) is 23.3 Å². The highest BCUT2D eigenvalue weighted by atomic mass is 32.1. The Morgan fingerprint density at radius 1 is 1.19 bits per heavy atom. The van der Waals surface area contributed by atoms with Gasteiger partial charge in [0, 0.05) is 34.6 Å². The Bertz CT molecular complexity index is 817. The van der Waals surface area contributed by atoms with Crippen LogP contribution in [0.5, 0.6) is 0 Å². The molecule has 2 nitrogen and oxygen atoms in total. The number of para-hydroxylation sites is 1. The predicted octanol–water partition coefficient (Wildman–Crippen LogP) is 4.35. The molecule has 0 atom stereocenters. The number of fused-ring (bicyclic) bond motifs is 2. The third kappa shape index (κ3) is 2.04. The number of ketones is 1. The molecule has 0 N–H and O–H groups in total. The van der Waals surface area contributed by atoms with Crippen LogP contribution in [-0.2, 0) is 19.9 Å². The summed E-state index contributed by atoms with van der Waals surface area (Å²) in [5.41, 5.74) is 3.34. The zero-order valence-corrected chi connectivity index (χ0v) is 12.9. The lowest BCUT2D eigenvalue weighted by molar-refractivity contribution is 0.104. The van der Waals surface area contributed by atoms with Gasteiger partial charge in [-0.05, 0) is 43.4 Å². The fraction of sp³-hybridized carbons (Fsp3) is 0.278. The first-order valence-corrected chi connectivity index (χ1v) is 8.26. The van der Waals surface area contributed by atoms with Gasteiger partial charge in [0.2, 0.25) is 5.78 Å². The molecule has 21 heavy (non-hydrogen) atoms. The largest absolute Gasteiger partial charge is 0.350 e. The number of thiophene rings is 1. The Labute approximate surface area is 128 Å². The van der Waals surface area contributed by atoms with E-state index in [1.807, 2.05) is 36.0 Å². The van der Waals surface area contributed by atoms with Crippen molar-refractivity contribution in [3.8, 4) is 0 Å². The predicted molar refractivity (Wildman–Crippen MR) is 87.3 cm³/mol. The first-order valence-electron chi connectivity index (χ1n) is 7.44. The van der Waals surface area contributed by atoms with E-state index in [2.05, 4.69) is 12.1 Å². The van der Waals surface area contributed by atoms with Gasteiger partial charge >= 0.3 is 0 Å². The van der Waals surface area contributed by atoms with Crippen molar-refractivity contribution in [2.75, 3.05) is 0 Å². The van der Waals surface area contributed by atoms with Crippen molar-refractivity contribution >= 4 is 28.0 Å². The minimum absolute atomic E-state index is 0.172. The molecule has 0 radical (unpaired) electrons. The summed E-state index contributed by atoms with van der Waals surface area (Å²) in [6.07, 6.45) is 6.75. The van der Waals surface area contributed by atoms with Gasteiger partial charge in [-0.2, -0.15) is 0 Å². The van der Waals surface area contributed by atoms with Crippen LogP contribution >= 0.6 is 11.3 Å². The van der Waals surface area contributed by atoms with Gasteiger partial charge in [0.15, 0.2) is 0 Å². The quantitative estimate of drug-likeness (QED) is 0.644. The standard InChI is InChI=1S/C18H17NOS/c1-19-11-14(13-7-3-4-8-15(13)19)18(20)17-10-12-6-2-5-9-16(12)21-17/h3-4,7-8,10-11H,2,5-6,9H2,1H3. The molecule has 0 amide bonds. The summed E-state index contributed by atoms with van der Waals surface area (Å²) >= 11 is 1.70. The molecular formula is C18H17NOS. The monoisotopic (exact) mass is 295 g/mol. The molecule has 4 rings (SSSR count). The maximum absolute atomic E-state index is 12.9. The smallest absolute Gasteiger partial charge is 0.205 e. The molecular weight excluding hydrogens is 278 g/mol. The molecule has 2 aromatic heterocycles. The van der Waals surface area contributed by atoms with Gasteiger partial charge in [-0.15, -0.1) is 11.3 Å². The van der Waals surface area contributed by atoms with Crippen LogP contribution in [0.3, 0.4) is 0 Å². The average molecular weight is 295 g/mol. The van der Waals surface area contributed by atoms with Crippen molar-refractivity contribution in [1.82, 2.24) is 4.57 Å². The van der Waals surface area contributed by atoms with Gasteiger partial charge < -0.3 is 4.57 Å². The lowest BCUT2D eigenvalue weighted by Crippen LogP contribution is -1.98. The molecule has 106 valence electrons. The Kier molecular flexibility index (Phi) is 2.96. The van der Waals surface area contributed by atoms with Crippen LogP contribution in [0.25, 0.3) is 10.9 Å². The fourth-order valence-electron chi connectivity index (χ4n) is 3.26. The van der Waals surface area contributed by atoms with Gasteiger partial charge in [0.25, 0.3) is 0 Å². The second-order valence-corrected chi connectivity index (χ2v) is 6.90. The normalized spacial score (nSPS) is 14.3. The Morgan fingerprint density at radius 2 is 2.00 bits per heavy atom. The minimum atomic E-state index is 0.172. The summed E-state index contributed by atoms with van der Waals surface area (Å²) in [6, 6.07) is 10.2. The van der Waals surface area contributed by atoms with Crippen LogP contribution in [0, 0.1) is 0 Å². The van der Waals surface area contributed by atoms with Crippen molar-refractivity contribution < 1.29 is 4.79 Å². The Morgan fingerprint density at radius 3 is 2.86 bits per heavy atom. The average Bonchev–Trinajstić information content (AvgIpc) is 3.09. The van der Waals surface area contributed by atoms with Gasteiger partial charge in [-0.25, -0.2) is 0 Å². The van der Waals surface area contributed by atoms with Crippen LogP contribution in [0.4, 0.5) is 0 Å². The number of benzene rings is 1. The summed E-state index contributed by atoms with van der Waals surface area (Å²) in [4.78, 5) is 15.2. The fourth-order valence-corrected chi connectivity index (χ4v) is 4.47. The van der Waals surface area contributed by atoms with Gasteiger partial charge in [0.1, 0.15) is 0 Å². The Hall–Kier alpha value is -1.87. The molecule has 1 aliphatic carbocycles. The molecule has 0 saturated heterocycles. The molecule has 0 bridgehead atoms. The molecule has 0 unspecified atom stereocenters. The lowest BCUT2D eigenvalue weighted by atomic mass is 9.98. The molecule has 3 heteroatoms. The molecule has 0 fully saturated rings. The van der Waals surface area contributed by atoms with Crippen molar-refractivity contribution in [2.24, 2.45) is 7.05 Å². The maximum atomic E-state index is 12.9. The van der Waals surface area contributed by atoms with Gasteiger partial charge in [-0.1, -0.05) is 18.2 Å². The minimum Gasteiger partial charge on any atom is -0.350 e. The third-order valence-electron chi connectivity index (χ3n) is 4.36. The Balaban J connectivity index is 1.81. The van der Waals surface area contributed by atoms with E-state index in [4.69, 9.17) is 0 Å². The van der Waals surface area contributed by atoms with Crippen LogP contribution in [0.2, 0.25) is 0 Å². The van der Waals surface area contributed by atoms with Crippen LogP contribution in [0.1, 0.15) is 38.5 Å². The zero-order chi connectivity index (χ0) is 14.4. The topological polar surface area (TPSA) is 22.0 Å². The highest BCUT2D eigenvalue weighted by Crippen LogP contribution is 2.32. The zero-order valence-electron chi connectivity index (χ0n) is 12.1. The first kappa shape index (κ1) is 12.8. The molecule has 1 aliphatic rings. The van der Waals surface area contributed by atoms with Crippen LogP contribution in [-0.4, -0.2) is 10.4 Å². The van der Waals surface area contributed by atoms with Crippen LogP contribution in [0.15, 0.2) is 36.5 Å². The summed E-state index contributed by atoms with van der Waals surface area (Å²) in [5.74, 6) is 0.172. The maximum Gasteiger partial charge on any atom is 0.205 e. The molecule has 2 heterocycles. The summed E-state index contributed by atoms with van der Waals surface area (Å²) < 4.78 is 2.04. The number of nitrogens with zero attached hydrogens (tertiary/aromatic N) is 1. The number of carbonyl (C=O) groups excluding carboxylic acids is 1. The second-order valence-electron chi connectivity index (χ2n) is 5.77. The highest BCUT2D eigenvalue weighted by molar-refractivity contribution is 7.14.